The molecule has 0 amide bonds. The van der Waals surface area contributed by atoms with E-state index in [1.807, 2.05) is 12.1 Å². The van der Waals surface area contributed by atoms with Crippen LogP contribution in [0, 0.1) is 12.3 Å². The summed E-state index contributed by atoms with van der Waals surface area (Å²) in [6, 6.07) is 9.51. The lowest BCUT2D eigenvalue weighted by Crippen LogP contribution is -2.44. The Kier molecular flexibility index (Phi) is 4.80. The van der Waals surface area contributed by atoms with E-state index in [1.165, 1.54) is 44.3 Å². The normalized spacial score (nSPS) is 25.3. The van der Waals surface area contributed by atoms with Gasteiger partial charge in [-0.1, -0.05) is 30.5 Å². The van der Waals surface area contributed by atoms with Gasteiger partial charge in [-0.3, -0.25) is 4.90 Å². The molecule has 3 rings (SSSR count). The molecule has 3 heteroatoms. The summed E-state index contributed by atoms with van der Waals surface area (Å²) < 4.78 is 5.62. The Balaban J connectivity index is 1.59. The van der Waals surface area contributed by atoms with Crippen molar-refractivity contribution < 1.29 is 4.74 Å². The lowest BCUT2D eigenvalue weighted by molar-refractivity contribution is 0.180. The topological polar surface area (TPSA) is 24.5 Å². The van der Waals surface area contributed by atoms with E-state index in [-0.39, 0.29) is 0 Å². The first kappa shape index (κ1) is 14.4. The Bertz CT molecular complexity index is 508. The van der Waals surface area contributed by atoms with Crippen LogP contribution in [0.2, 0.25) is 0 Å². The van der Waals surface area contributed by atoms with Crippen molar-refractivity contribution in [1.82, 2.24) is 10.2 Å². The first-order valence-corrected chi connectivity index (χ1v) is 8.00. The molecule has 0 radical (unpaired) electrons. The summed E-state index contributed by atoms with van der Waals surface area (Å²) in [5, 5.41) is 3.74. The molecule has 21 heavy (non-hydrogen) atoms. The lowest BCUT2D eigenvalue weighted by Gasteiger charge is -2.32. The number of rotatable bonds is 5. The summed E-state index contributed by atoms with van der Waals surface area (Å²) in [7, 11) is 0. The van der Waals surface area contributed by atoms with E-state index < -0.39 is 0 Å². The molecule has 2 aliphatic heterocycles. The molecule has 0 bridgehead atoms. The predicted molar refractivity (Wildman–Crippen MR) is 85.2 cm³/mol. The van der Waals surface area contributed by atoms with Gasteiger partial charge in [0.05, 0.1) is 0 Å². The van der Waals surface area contributed by atoms with Gasteiger partial charge in [-0.2, -0.15) is 0 Å². The zero-order valence-electron chi connectivity index (χ0n) is 12.6. The molecule has 1 N–H and O–H groups in total. The molecule has 112 valence electrons. The molecule has 3 nitrogen and oxygen atoms in total. The summed E-state index contributed by atoms with van der Waals surface area (Å²) >= 11 is 0. The van der Waals surface area contributed by atoms with Gasteiger partial charge in [-0.15, -0.1) is 6.42 Å². The number of fused-ring (bicyclic) bond motifs is 1. The van der Waals surface area contributed by atoms with Crippen molar-refractivity contribution >= 4 is 0 Å². The van der Waals surface area contributed by atoms with E-state index in [1.54, 1.807) is 0 Å². The average Bonchev–Trinajstić information content (AvgIpc) is 2.95. The highest BCUT2D eigenvalue weighted by atomic mass is 16.5. The van der Waals surface area contributed by atoms with Crippen LogP contribution in [0.3, 0.4) is 0 Å². The van der Waals surface area contributed by atoms with Crippen molar-refractivity contribution in [3.05, 3.63) is 29.8 Å². The van der Waals surface area contributed by atoms with E-state index in [0.29, 0.717) is 12.6 Å². The number of nitrogens with zero attached hydrogens (tertiary/aromatic N) is 1. The molecule has 1 aromatic carbocycles. The van der Waals surface area contributed by atoms with E-state index in [2.05, 4.69) is 28.3 Å². The number of benzene rings is 1. The van der Waals surface area contributed by atoms with E-state index >= 15 is 0 Å². The molecular formula is C18H24N2O. The molecular weight excluding hydrogens is 260 g/mol. The van der Waals surface area contributed by atoms with Gasteiger partial charge in [0.2, 0.25) is 0 Å². The number of hydrogen-bond acceptors (Lipinski definition) is 3. The van der Waals surface area contributed by atoms with Crippen LogP contribution in [0.25, 0.3) is 0 Å². The third-order valence-corrected chi connectivity index (χ3v) is 4.69. The van der Waals surface area contributed by atoms with Gasteiger partial charge in [0.25, 0.3) is 0 Å². The second kappa shape index (κ2) is 6.98. The number of para-hydroxylation sites is 1. The Morgan fingerprint density at radius 2 is 2.14 bits per heavy atom. The minimum absolute atomic E-state index is 0.330. The molecule has 2 atom stereocenters. The number of piperidine rings is 1. The molecule has 0 aliphatic carbocycles. The molecule has 2 saturated heterocycles. The van der Waals surface area contributed by atoms with Crippen LogP contribution < -0.4 is 10.1 Å². The van der Waals surface area contributed by atoms with Crippen molar-refractivity contribution in [2.45, 2.75) is 44.3 Å². The quantitative estimate of drug-likeness (QED) is 0.840. The second-order valence-electron chi connectivity index (χ2n) is 5.98. The fourth-order valence-electron chi connectivity index (χ4n) is 3.64. The van der Waals surface area contributed by atoms with Crippen LogP contribution >= 0.6 is 0 Å². The third-order valence-electron chi connectivity index (χ3n) is 4.69. The van der Waals surface area contributed by atoms with Gasteiger partial charge in [0.1, 0.15) is 12.4 Å². The molecule has 0 aromatic heterocycles. The standard InChI is InChI=1S/C18H24N2O/c1-2-13-21-18-9-4-3-7-15(18)14-19-16-10-12-20-11-6-5-8-17(16)20/h1,3-4,7,9,16-17,19H,5-6,8,10-14H2. The smallest absolute Gasteiger partial charge is 0.148 e. The average molecular weight is 284 g/mol. The molecule has 2 unspecified atom stereocenters. The highest BCUT2D eigenvalue weighted by Gasteiger charge is 2.34. The van der Waals surface area contributed by atoms with Crippen molar-refractivity contribution in [2.75, 3.05) is 19.7 Å². The Hall–Kier alpha value is -1.50. The molecule has 2 fully saturated rings. The van der Waals surface area contributed by atoms with Crippen LogP contribution in [0.15, 0.2) is 24.3 Å². The first-order valence-electron chi connectivity index (χ1n) is 8.00. The molecule has 0 saturated carbocycles. The largest absolute Gasteiger partial charge is 0.481 e. The monoisotopic (exact) mass is 284 g/mol. The van der Waals surface area contributed by atoms with Gasteiger partial charge in [-0.25, -0.2) is 0 Å². The van der Waals surface area contributed by atoms with Gasteiger partial charge < -0.3 is 10.1 Å². The minimum Gasteiger partial charge on any atom is -0.481 e. The minimum atomic E-state index is 0.330. The van der Waals surface area contributed by atoms with Crippen LogP contribution in [0.4, 0.5) is 0 Å². The highest BCUT2D eigenvalue weighted by molar-refractivity contribution is 5.33. The second-order valence-corrected chi connectivity index (χ2v) is 5.98. The van der Waals surface area contributed by atoms with E-state index in [0.717, 1.165) is 18.3 Å². The predicted octanol–water partition coefficient (Wildman–Crippen LogP) is 2.42. The Labute approximate surface area is 127 Å². The lowest BCUT2D eigenvalue weighted by atomic mass is 9.99. The van der Waals surface area contributed by atoms with Crippen LogP contribution in [-0.4, -0.2) is 36.7 Å². The fourth-order valence-corrected chi connectivity index (χ4v) is 3.64. The third kappa shape index (κ3) is 3.40. The van der Waals surface area contributed by atoms with E-state index in [9.17, 15) is 0 Å². The van der Waals surface area contributed by atoms with Gasteiger partial charge in [0.15, 0.2) is 0 Å². The molecule has 2 aliphatic rings. The maximum absolute atomic E-state index is 5.62. The van der Waals surface area contributed by atoms with Crippen LogP contribution in [0.1, 0.15) is 31.2 Å². The van der Waals surface area contributed by atoms with Crippen molar-refractivity contribution in [1.29, 1.82) is 0 Å². The maximum atomic E-state index is 5.62. The fraction of sp³-hybridized carbons (Fsp3) is 0.556. The van der Waals surface area contributed by atoms with Crippen molar-refractivity contribution in [2.24, 2.45) is 0 Å². The summed E-state index contributed by atoms with van der Waals surface area (Å²) in [6.45, 7) is 3.72. The van der Waals surface area contributed by atoms with Gasteiger partial charge in [-0.05, 0) is 31.9 Å². The Morgan fingerprint density at radius 1 is 1.24 bits per heavy atom. The zero-order valence-corrected chi connectivity index (χ0v) is 12.6. The van der Waals surface area contributed by atoms with Crippen LogP contribution in [0.5, 0.6) is 5.75 Å². The van der Waals surface area contributed by atoms with Crippen molar-refractivity contribution in [3.8, 4) is 18.1 Å². The number of hydrogen-bond donors (Lipinski definition) is 1. The maximum Gasteiger partial charge on any atom is 0.148 e. The SMILES string of the molecule is C#CCOc1ccccc1CNC1CCN2CCCCC12. The number of ether oxygens (including phenoxy) is 1. The first-order chi connectivity index (χ1) is 10.4. The van der Waals surface area contributed by atoms with Gasteiger partial charge in [0, 0.05) is 30.7 Å². The van der Waals surface area contributed by atoms with Crippen LogP contribution in [-0.2, 0) is 6.54 Å². The summed E-state index contributed by atoms with van der Waals surface area (Å²) in [5.74, 6) is 3.43. The Morgan fingerprint density at radius 3 is 3.05 bits per heavy atom. The molecule has 2 heterocycles. The summed E-state index contributed by atoms with van der Waals surface area (Å²) in [4.78, 5) is 2.65. The van der Waals surface area contributed by atoms with Gasteiger partial charge >= 0.3 is 0 Å². The summed E-state index contributed by atoms with van der Waals surface area (Å²) in [6.07, 6.45) is 10.6. The zero-order chi connectivity index (χ0) is 14.5. The summed E-state index contributed by atoms with van der Waals surface area (Å²) in [5.41, 5.74) is 1.20. The number of terminal acetylenes is 1. The number of nitrogens with one attached hydrogen (secondary N) is 1. The highest BCUT2D eigenvalue weighted by Crippen LogP contribution is 2.27. The van der Waals surface area contributed by atoms with Crippen molar-refractivity contribution in [3.63, 3.8) is 0 Å². The molecule has 0 spiro atoms. The van der Waals surface area contributed by atoms with E-state index in [4.69, 9.17) is 11.2 Å². The molecule has 1 aromatic rings.